The summed E-state index contributed by atoms with van der Waals surface area (Å²) in [5, 5.41) is 0. The maximum Gasteiger partial charge on any atom is 0.344 e. The van der Waals surface area contributed by atoms with Crippen molar-refractivity contribution in [1.82, 2.24) is 9.88 Å². The maximum absolute atomic E-state index is 12.4. The lowest BCUT2D eigenvalue weighted by Gasteiger charge is -2.38. The van der Waals surface area contributed by atoms with Crippen molar-refractivity contribution in [3.63, 3.8) is 0 Å². The minimum absolute atomic E-state index is 0.153. The average Bonchev–Trinajstić information content (AvgIpc) is 2.53. The molecular formula is C17H24N2O4. The van der Waals surface area contributed by atoms with Crippen molar-refractivity contribution in [2.45, 2.75) is 52.1 Å². The van der Waals surface area contributed by atoms with Gasteiger partial charge in [-0.2, -0.15) is 0 Å². The van der Waals surface area contributed by atoms with Gasteiger partial charge in [0.1, 0.15) is 5.56 Å². The first-order valence-electron chi connectivity index (χ1n) is 8.10. The van der Waals surface area contributed by atoms with Crippen molar-refractivity contribution in [3.05, 3.63) is 23.9 Å². The third-order valence-corrected chi connectivity index (χ3v) is 4.08. The van der Waals surface area contributed by atoms with E-state index in [0.29, 0.717) is 6.61 Å². The van der Waals surface area contributed by atoms with Gasteiger partial charge in [0.25, 0.3) is 5.91 Å². The van der Waals surface area contributed by atoms with Crippen LogP contribution in [0.25, 0.3) is 0 Å². The van der Waals surface area contributed by atoms with Gasteiger partial charge < -0.3 is 14.4 Å². The topological polar surface area (TPSA) is 68.7 Å². The van der Waals surface area contributed by atoms with Gasteiger partial charge in [-0.15, -0.1) is 0 Å². The monoisotopic (exact) mass is 320 g/mol. The standard InChI is InChI=1S/C17H24N2O4/c1-4-22-16-14(9-6-10-18-16)17(21)23-11-15(20)19-12(2)7-5-8-13(19)3/h6,9-10,12-13H,4-5,7-8,11H2,1-3H3. The number of carbonyl (C=O) groups excluding carboxylic acids is 2. The van der Waals surface area contributed by atoms with E-state index in [2.05, 4.69) is 4.98 Å². The fourth-order valence-electron chi connectivity index (χ4n) is 2.99. The summed E-state index contributed by atoms with van der Waals surface area (Å²) < 4.78 is 10.5. The average molecular weight is 320 g/mol. The molecule has 1 aliphatic heterocycles. The Labute approximate surface area is 136 Å². The van der Waals surface area contributed by atoms with E-state index in [1.165, 1.54) is 0 Å². The normalized spacial score (nSPS) is 20.9. The molecule has 0 radical (unpaired) electrons. The highest BCUT2D eigenvalue weighted by Crippen LogP contribution is 2.23. The van der Waals surface area contributed by atoms with E-state index in [4.69, 9.17) is 9.47 Å². The predicted molar refractivity (Wildman–Crippen MR) is 85.3 cm³/mol. The lowest BCUT2D eigenvalue weighted by atomic mass is 9.97. The third kappa shape index (κ3) is 4.21. The van der Waals surface area contributed by atoms with Gasteiger partial charge in [-0.25, -0.2) is 9.78 Å². The van der Waals surface area contributed by atoms with E-state index in [0.717, 1.165) is 19.3 Å². The Morgan fingerprint density at radius 3 is 2.65 bits per heavy atom. The Kier molecular flexibility index (Phi) is 5.96. The lowest BCUT2D eigenvalue weighted by molar-refractivity contribution is -0.140. The molecule has 0 aromatic carbocycles. The van der Waals surface area contributed by atoms with Crippen LogP contribution >= 0.6 is 0 Å². The first kappa shape index (κ1) is 17.2. The number of carbonyl (C=O) groups is 2. The largest absolute Gasteiger partial charge is 0.477 e. The molecule has 0 spiro atoms. The van der Waals surface area contributed by atoms with Crippen molar-refractivity contribution in [3.8, 4) is 5.88 Å². The second-order valence-electron chi connectivity index (χ2n) is 5.80. The summed E-state index contributed by atoms with van der Waals surface area (Å²) in [6.07, 6.45) is 4.64. The highest BCUT2D eigenvalue weighted by molar-refractivity contribution is 5.93. The molecule has 1 saturated heterocycles. The SMILES string of the molecule is CCOc1ncccc1C(=O)OCC(=O)N1C(C)CCCC1C. The fraction of sp³-hybridized carbons (Fsp3) is 0.588. The van der Waals surface area contributed by atoms with E-state index >= 15 is 0 Å². The van der Waals surface area contributed by atoms with Crippen LogP contribution in [0.3, 0.4) is 0 Å². The number of amides is 1. The van der Waals surface area contributed by atoms with Crippen LogP contribution in [0.5, 0.6) is 5.88 Å². The van der Waals surface area contributed by atoms with Crippen LogP contribution in [0.1, 0.15) is 50.4 Å². The van der Waals surface area contributed by atoms with Crippen LogP contribution in [-0.2, 0) is 9.53 Å². The van der Waals surface area contributed by atoms with Gasteiger partial charge in [0.2, 0.25) is 5.88 Å². The van der Waals surface area contributed by atoms with Crippen molar-refractivity contribution in [2.75, 3.05) is 13.2 Å². The number of hydrogen-bond donors (Lipinski definition) is 0. The Bertz CT molecular complexity index is 551. The van der Waals surface area contributed by atoms with Gasteiger partial charge in [0, 0.05) is 18.3 Å². The Morgan fingerprint density at radius 1 is 1.30 bits per heavy atom. The fourth-order valence-corrected chi connectivity index (χ4v) is 2.99. The molecule has 6 nitrogen and oxygen atoms in total. The van der Waals surface area contributed by atoms with Crippen LogP contribution in [0.2, 0.25) is 0 Å². The van der Waals surface area contributed by atoms with Crippen molar-refractivity contribution < 1.29 is 19.1 Å². The second kappa shape index (κ2) is 7.94. The number of ether oxygens (including phenoxy) is 2. The summed E-state index contributed by atoms with van der Waals surface area (Å²) in [7, 11) is 0. The second-order valence-corrected chi connectivity index (χ2v) is 5.80. The van der Waals surface area contributed by atoms with E-state index in [1.807, 2.05) is 25.7 Å². The Hall–Kier alpha value is -2.11. The van der Waals surface area contributed by atoms with Gasteiger partial charge in [0.05, 0.1) is 6.61 Å². The molecule has 23 heavy (non-hydrogen) atoms. The Morgan fingerprint density at radius 2 is 2.00 bits per heavy atom. The van der Waals surface area contributed by atoms with Crippen LogP contribution < -0.4 is 4.74 Å². The molecule has 2 rings (SSSR count). The molecule has 0 bridgehead atoms. The summed E-state index contributed by atoms with van der Waals surface area (Å²) in [6, 6.07) is 3.58. The maximum atomic E-state index is 12.4. The molecule has 2 heterocycles. The summed E-state index contributed by atoms with van der Waals surface area (Å²) in [6.45, 7) is 6.02. The lowest BCUT2D eigenvalue weighted by Crippen LogP contribution is -2.49. The molecule has 1 aliphatic rings. The number of pyridine rings is 1. The molecule has 6 heteroatoms. The molecule has 1 aromatic heterocycles. The smallest absolute Gasteiger partial charge is 0.344 e. The number of hydrogen-bond acceptors (Lipinski definition) is 5. The number of piperidine rings is 1. The first-order valence-corrected chi connectivity index (χ1v) is 8.10. The van der Waals surface area contributed by atoms with Gasteiger partial charge >= 0.3 is 5.97 Å². The predicted octanol–water partition coefficient (Wildman–Crippen LogP) is 2.43. The van der Waals surface area contributed by atoms with E-state index in [1.54, 1.807) is 18.3 Å². The van der Waals surface area contributed by atoms with Crippen LogP contribution in [0.15, 0.2) is 18.3 Å². The molecule has 2 atom stereocenters. The molecule has 0 N–H and O–H groups in total. The molecular weight excluding hydrogens is 296 g/mol. The van der Waals surface area contributed by atoms with E-state index < -0.39 is 5.97 Å². The number of aromatic nitrogens is 1. The minimum atomic E-state index is -0.591. The van der Waals surface area contributed by atoms with Crippen LogP contribution in [-0.4, -0.2) is 47.1 Å². The van der Waals surface area contributed by atoms with Crippen LogP contribution in [0, 0.1) is 0 Å². The van der Waals surface area contributed by atoms with E-state index in [9.17, 15) is 9.59 Å². The number of esters is 1. The summed E-state index contributed by atoms with van der Waals surface area (Å²) >= 11 is 0. The number of rotatable bonds is 5. The summed E-state index contributed by atoms with van der Waals surface area (Å²) in [5.74, 6) is -0.515. The van der Waals surface area contributed by atoms with Gasteiger partial charge in [-0.3, -0.25) is 4.79 Å². The van der Waals surface area contributed by atoms with Gasteiger partial charge in [-0.05, 0) is 52.2 Å². The molecule has 1 aromatic rings. The number of nitrogens with zero attached hydrogens (tertiary/aromatic N) is 2. The van der Waals surface area contributed by atoms with Crippen molar-refractivity contribution >= 4 is 11.9 Å². The highest BCUT2D eigenvalue weighted by Gasteiger charge is 2.29. The molecule has 1 amide bonds. The molecule has 0 saturated carbocycles. The molecule has 126 valence electrons. The molecule has 0 aliphatic carbocycles. The molecule has 1 fully saturated rings. The van der Waals surface area contributed by atoms with E-state index in [-0.39, 0.29) is 36.0 Å². The summed E-state index contributed by atoms with van der Waals surface area (Å²) in [5.41, 5.74) is 0.238. The zero-order valence-electron chi connectivity index (χ0n) is 13.9. The van der Waals surface area contributed by atoms with Gasteiger partial charge in [-0.1, -0.05) is 0 Å². The number of likely N-dealkylation sites (tertiary alicyclic amines) is 1. The summed E-state index contributed by atoms with van der Waals surface area (Å²) in [4.78, 5) is 30.4. The quantitative estimate of drug-likeness (QED) is 0.779. The first-order chi connectivity index (χ1) is 11.0. The van der Waals surface area contributed by atoms with Crippen molar-refractivity contribution in [2.24, 2.45) is 0 Å². The molecule has 2 unspecified atom stereocenters. The van der Waals surface area contributed by atoms with Gasteiger partial charge in [0.15, 0.2) is 6.61 Å². The highest BCUT2D eigenvalue weighted by atomic mass is 16.5. The zero-order chi connectivity index (χ0) is 16.8. The Balaban J connectivity index is 1.97. The minimum Gasteiger partial charge on any atom is -0.477 e. The van der Waals surface area contributed by atoms with Crippen molar-refractivity contribution in [1.29, 1.82) is 0 Å². The van der Waals surface area contributed by atoms with Crippen LogP contribution in [0.4, 0.5) is 0 Å². The third-order valence-electron chi connectivity index (χ3n) is 4.08. The zero-order valence-corrected chi connectivity index (χ0v) is 13.9.